The summed E-state index contributed by atoms with van der Waals surface area (Å²) in [6.07, 6.45) is 3.64. The fourth-order valence-corrected chi connectivity index (χ4v) is 6.55. The van der Waals surface area contributed by atoms with Crippen LogP contribution < -0.4 is 15.8 Å². The van der Waals surface area contributed by atoms with E-state index in [0.717, 1.165) is 31.4 Å². The van der Waals surface area contributed by atoms with Crippen molar-refractivity contribution >= 4 is 28.0 Å². The van der Waals surface area contributed by atoms with Crippen LogP contribution in [0.15, 0.2) is 78.1 Å². The molecule has 4 heterocycles. The maximum absolute atomic E-state index is 13.6. The molecule has 10 heteroatoms. The third-order valence-corrected chi connectivity index (χ3v) is 9.52. The summed E-state index contributed by atoms with van der Waals surface area (Å²) in [5, 5.41) is 14.3. The summed E-state index contributed by atoms with van der Waals surface area (Å²) in [4.78, 5) is 22.6. The minimum Gasteiger partial charge on any atom is -0.378 e. The number of pyridine rings is 1. The molecule has 0 saturated carbocycles. The summed E-state index contributed by atoms with van der Waals surface area (Å²) in [5.74, 6) is 0.238. The van der Waals surface area contributed by atoms with Crippen molar-refractivity contribution < 1.29 is 13.9 Å². The number of fused-ring (bicyclic) bond motifs is 1. The monoisotopic (exact) mass is 602 g/mol. The van der Waals surface area contributed by atoms with E-state index in [1.165, 1.54) is 55.2 Å². The Morgan fingerprint density at radius 3 is 2.34 bits per heavy atom. The molecular formula is C34H40F2N6O2. The van der Waals surface area contributed by atoms with Crippen molar-refractivity contribution in [2.24, 2.45) is 5.41 Å². The second-order valence-electron chi connectivity index (χ2n) is 12.5. The standard InChI is InChI=1S/C34H40F2N6O2/c1-4-18-41-31(43)27-13-10-25(23-28(27)42(41)30-7-5-6-29(38-30)33(2,44)32(35)36)37-24-8-11-26(12-9-24)40-21-16-34(17-22-40)14-19-39(3)20-15-34/h4-13,23,32,37,44H,1,14-22H2,2-3H3. The van der Waals surface area contributed by atoms with Crippen LogP contribution in [0.3, 0.4) is 0 Å². The van der Waals surface area contributed by atoms with Crippen molar-refractivity contribution in [2.45, 2.75) is 51.2 Å². The number of allylic oxidation sites excluding steroid dienone is 1. The van der Waals surface area contributed by atoms with Gasteiger partial charge in [-0.15, -0.1) is 6.58 Å². The summed E-state index contributed by atoms with van der Waals surface area (Å²) in [6, 6.07) is 18.4. The molecule has 2 aliphatic heterocycles. The van der Waals surface area contributed by atoms with Crippen LogP contribution in [-0.2, 0) is 12.1 Å². The van der Waals surface area contributed by atoms with Gasteiger partial charge in [0.1, 0.15) is 0 Å². The third kappa shape index (κ3) is 5.64. The lowest BCUT2D eigenvalue weighted by molar-refractivity contribution is -0.0910. The van der Waals surface area contributed by atoms with E-state index in [-0.39, 0.29) is 23.6 Å². The Balaban J connectivity index is 1.25. The number of rotatable bonds is 8. The molecule has 0 amide bonds. The Morgan fingerprint density at radius 1 is 1.02 bits per heavy atom. The van der Waals surface area contributed by atoms with E-state index in [2.05, 4.69) is 58.0 Å². The van der Waals surface area contributed by atoms with Gasteiger partial charge in [0.15, 0.2) is 11.4 Å². The highest BCUT2D eigenvalue weighted by molar-refractivity contribution is 5.84. The fraction of sp³-hybridized carbons (Fsp3) is 0.412. The number of hydrogen-bond acceptors (Lipinski definition) is 6. The van der Waals surface area contributed by atoms with Gasteiger partial charge in [0.05, 0.1) is 23.1 Å². The van der Waals surface area contributed by atoms with E-state index in [9.17, 15) is 18.7 Å². The van der Waals surface area contributed by atoms with Gasteiger partial charge < -0.3 is 20.2 Å². The Morgan fingerprint density at radius 2 is 1.68 bits per heavy atom. The van der Waals surface area contributed by atoms with Gasteiger partial charge >= 0.3 is 0 Å². The molecule has 1 spiro atoms. The van der Waals surface area contributed by atoms with Crippen molar-refractivity contribution in [3.8, 4) is 5.82 Å². The second-order valence-corrected chi connectivity index (χ2v) is 12.5. The molecule has 8 nitrogen and oxygen atoms in total. The summed E-state index contributed by atoms with van der Waals surface area (Å²) in [6.45, 7) is 9.54. The van der Waals surface area contributed by atoms with E-state index >= 15 is 0 Å². The van der Waals surface area contributed by atoms with Crippen LogP contribution in [0, 0.1) is 5.41 Å². The van der Waals surface area contributed by atoms with Gasteiger partial charge in [0.2, 0.25) is 0 Å². The van der Waals surface area contributed by atoms with Gasteiger partial charge in [-0.1, -0.05) is 12.1 Å². The molecule has 1 unspecified atom stereocenters. The number of hydrogen-bond donors (Lipinski definition) is 2. The molecule has 2 aliphatic rings. The number of alkyl halides is 2. The number of nitrogens with zero attached hydrogens (tertiary/aromatic N) is 5. The minimum atomic E-state index is -3.03. The fourth-order valence-electron chi connectivity index (χ4n) is 6.55. The first kappa shape index (κ1) is 30.0. The molecule has 2 aromatic heterocycles. The molecule has 44 heavy (non-hydrogen) atoms. The number of anilines is 3. The van der Waals surface area contributed by atoms with E-state index < -0.39 is 12.0 Å². The molecule has 2 N–H and O–H groups in total. The molecular weight excluding hydrogens is 562 g/mol. The lowest BCUT2D eigenvalue weighted by Crippen LogP contribution is -2.46. The summed E-state index contributed by atoms with van der Waals surface area (Å²) in [5.41, 5.74) is 1.06. The second kappa shape index (κ2) is 11.8. The van der Waals surface area contributed by atoms with E-state index in [1.54, 1.807) is 29.0 Å². The SMILES string of the molecule is C=CCn1c(=O)c2ccc(Nc3ccc(N4CCC5(CCN(C)CC5)CC4)cc3)cc2n1-c1cccc(C(C)(O)C(F)F)n1. The van der Waals surface area contributed by atoms with Crippen LogP contribution in [0.5, 0.6) is 0 Å². The molecule has 6 rings (SSSR count). The van der Waals surface area contributed by atoms with Gasteiger partial charge in [0.25, 0.3) is 12.0 Å². The molecule has 2 saturated heterocycles. The molecule has 0 radical (unpaired) electrons. The summed E-state index contributed by atoms with van der Waals surface area (Å²) >= 11 is 0. The molecule has 0 aliphatic carbocycles. The highest BCUT2D eigenvalue weighted by Gasteiger charge is 2.37. The molecule has 1 atom stereocenters. The Labute approximate surface area is 256 Å². The molecule has 4 aromatic rings. The normalized spacial score (nSPS) is 18.5. The first-order valence-corrected chi connectivity index (χ1v) is 15.3. The quantitative estimate of drug-likeness (QED) is 0.245. The average molecular weight is 603 g/mol. The van der Waals surface area contributed by atoms with Crippen molar-refractivity contribution in [3.05, 3.63) is 89.4 Å². The van der Waals surface area contributed by atoms with Gasteiger partial charge in [-0.05, 0) is 113 Å². The summed E-state index contributed by atoms with van der Waals surface area (Å²) in [7, 11) is 2.22. The molecule has 2 fully saturated rings. The van der Waals surface area contributed by atoms with Crippen LogP contribution in [0.1, 0.15) is 38.3 Å². The predicted octanol–water partition coefficient (Wildman–Crippen LogP) is 5.90. The zero-order valence-electron chi connectivity index (χ0n) is 25.3. The Kier molecular flexibility index (Phi) is 8.06. The maximum atomic E-state index is 13.6. The van der Waals surface area contributed by atoms with Crippen molar-refractivity contribution in [1.29, 1.82) is 0 Å². The van der Waals surface area contributed by atoms with Crippen LogP contribution in [0.25, 0.3) is 16.7 Å². The minimum absolute atomic E-state index is 0.184. The van der Waals surface area contributed by atoms with Gasteiger partial charge in [0, 0.05) is 30.2 Å². The number of halogens is 2. The zero-order chi connectivity index (χ0) is 31.1. The van der Waals surface area contributed by atoms with Gasteiger partial charge in [-0.2, -0.15) is 0 Å². The maximum Gasteiger partial charge on any atom is 0.275 e. The number of aliphatic hydroxyl groups is 1. The van der Waals surface area contributed by atoms with Crippen LogP contribution in [-0.4, -0.2) is 64.0 Å². The summed E-state index contributed by atoms with van der Waals surface area (Å²) < 4.78 is 30.2. The lowest BCUT2D eigenvalue weighted by atomic mass is 9.71. The largest absolute Gasteiger partial charge is 0.378 e. The first-order valence-electron chi connectivity index (χ1n) is 15.3. The van der Waals surface area contributed by atoms with Gasteiger partial charge in [-0.25, -0.2) is 23.1 Å². The number of benzene rings is 2. The molecule has 0 bridgehead atoms. The van der Waals surface area contributed by atoms with Crippen molar-refractivity contribution in [1.82, 2.24) is 19.2 Å². The van der Waals surface area contributed by atoms with Gasteiger partial charge in [-0.3, -0.25) is 4.79 Å². The Bertz CT molecular complexity index is 1690. The topological polar surface area (TPSA) is 78.6 Å². The number of piperidine rings is 2. The number of nitrogens with one attached hydrogen (secondary N) is 1. The average Bonchev–Trinajstić information content (AvgIpc) is 3.30. The van der Waals surface area contributed by atoms with E-state index in [0.29, 0.717) is 16.3 Å². The van der Waals surface area contributed by atoms with Crippen molar-refractivity contribution in [3.63, 3.8) is 0 Å². The molecule has 232 valence electrons. The number of aromatic nitrogens is 3. The third-order valence-electron chi connectivity index (χ3n) is 9.52. The Hall–Kier alpha value is -4.02. The number of likely N-dealkylation sites (tertiary alicyclic amines) is 1. The highest BCUT2D eigenvalue weighted by atomic mass is 19.3. The first-order chi connectivity index (χ1) is 21.1. The van der Waals surface area contributed by atoms with Crippen LogP contribution in [0.4, 0.5) is 25.8 Å². The zero-order valence-corrected chi connectivity index (χ0v) is 25.3. The van der Waals surface area contributed by atoms with Crippen molar-refractivity contribution in [2.75, 3.05) is 43.4 Å². The van der Waals surface area contributed by atoms with E-state index in [1.807, 2.05) is 12.1 Å². The van der Waals surface area contributed by atoms with Crippen LogP contribution >= 0.6 is 0 Å². The lowest BCUT2D eigenvalue weighted by Gasteiger charge is -2.46. The van der Waals surface area contributed by atoms with E-state index in [4.69, 9.17) is 0 Å². The van der Waals surface area contributed by atoms with Crippen LogP contribution in [0.2, 0.25) is 0 Å². The predicted molar refractivity (Wildman–Crippen MR) is 171 cm³/mol. The smallest absolute Gasteiger partial charge is 0.275 e. The molecule has 2 aromatic carbocycles. The highest BCUT2D eigenvalue weighted by Crippen LogP contribution is 2.42.